The molecule has 0 aliphatic carbocycles. The van der Waals surface area contributed by atoms with Crippen molar-refractivity contribution in [1.82, 2.24) is 9.61 Å². The minimum absolute atomic E-state index is 0.639. The van der Waals surface area contributed by atoms with Crippen molar-refractivity contribution < 1.29 is 5.11 Å². The highest BCUT2D eigenvalue weighted by molar-refractivity contribution is 5.55. The summed E-state index contributed by atoms with van der Waals surface area (Å²) >= 11 is 0. The monoisotopic (exact) mass is 174 g/mol. The Labute approximate surface area is 75.9 Å². The maximum Gasteiger partial charge on any atom is 0.101 e. The Kier molecular flexibility index (Phi) is 1.87. The van der Waals surface area contributed by atoms with E-state index in [0.717, 1.165) is 11.1 Å². The molecule has 3 heteroatoms. The lowest BCUT2D eigenvalue weighted by Gasteiger charge is -2.01. The Bertz CT molecular complexity index is 433. The number of aliphatic hydroxyl groups excluding tert-OH is 1. The van der Waals surface area contributed by atoms with Gasteiger partial charge in [-0.15, -0.1) is 6.58 Å². The fourth-order valence-corrected chi connectivity index (χ4v) is 1.31. The Morgan fingerprint density at radius 3 is 3.15 bits per heavy atom. The van der Waals surface area contributed by atoms with Crippen molar-refractivity contribution in [2.45, 2.75) is 6.10 Å². The summed E-state index contributed by atoms with van der Waals surface area (Å²) < 4.78 is 1.72. The second kappa shape index (κ2) is 3.03. The van der Waals surface area contributed by atoms with Crippen LogP contribution >= 0.6 is 0 Å². The van der Waals surface area contributed by atoms with Gasteiger partial charge in [-0.05, 0) is 12.1 Å². The van der Waals surface area contributed by atoms with E-state index in [1.165, 1.54) is 6.08 Å². The zero-order chi connectivity index (χ0) is 9.26. The van der Waals surface area contributed by atoms with Crippen LogP contribution in [0.5, 0.6) is 0 Å². The van der Waals surface area contributed by atoms with Gasteiger partial charge in [-0.2, -0.15) is 5.10 Å². The molecule has 2 aromatic heterocycles. The van der Waals surface area contributed by atoms with E-state index in [9.17, 15) is 5.11 Å². The molecule has 0 aliphatic rings. The molecule has 0 bridgehead atoms. The maximum atomic E-state index is 9.54. The minimum atomic E-state index is -0.639. The lowest BCUT2D eigenvalue weighted by atomic mass is 10.1. The van der Waals surface area contributed by atoms with Crippen molar-refractivity contribution in [2.75, 3.05) is 0 Å². The third-order valence-electron chi connectivity index (χ3n) is 2.00. The van der Waals surface area contributed by atoms with Crippen molar-refractivity contribution in [3.8, 4) is 0 Å². The third-order valence-corrected chi connectivity index (χ3v) is 2.00. The summed E-state index contributed by atoms with van der Waals surface area (Å²) in [5.74, 6) is 0. The van der Waals surface area contributed by atoms with E-state index < -0.39 is 6.10 Å². The number of nitrogens with zero attached hydrogens (tertiary/aromatic N) is 2. The van der Waals surface area contributed by atoms with Crippen molar-refractivity contribution in [3.63, 3.8) is 0 Å². The molecule has 0 spiro atoms. The first kappa shape index (κ1) is 8.01. The normalized spacial score (nSPS) is 13.0. The number of pyridine rings is 1. The summed E-state index contributed by atoms with van der Waals surface area (Å²) in [6.07, 6.45) is 4.35. The summed E-state index contributed by atoms with van der Waals surface area (Å²) in [6.45, 7) is 3.54. The predicted molar refractivity (Wildman–Crippen MR) is 50.3 cm³/mol. The second-order valence-electron chi connectivity index (χ2n) is 2.81. The standard InChI is InChI=1S/C10H10N2O/c1-2-10(13)8-7-11-12-6-4-3-5-9(8)12/h2-7,10,13H,1H2. The summed E-state index contributed by atoms with van der Waals surface area (Å²) in [4.78, 5) is 0. The summed E-state index contributed by atoms with van der Waals surface area (Å²) in [5, 5.41) is 13.6. The molecule has 0 fully saturated rings. The van der Waals surface area contributed by atoms with Gasteiger partial charge >= 0.3 is 0 Å². The highest BCUT2D eigenvalue weighted by Crippen LogP contribution is 2.18. The van der Waals surface area contributed by atoms with E-state index >= 15 is 0 Å². The molecule has 0 saturated carbocycles. The van der Waals surface area contributed by atoms with Crippen molar-refractivity contribution >= 4 is 5.52 Å². The average Bonchev–Trinajstić information content (AvgIpc) is 2.60. The fraction of sp³-hybridized carbons (Fsp3) is 0.100. The van der Waals surface area contributed by atoms with Gasteiger partial charge in [0.1, 0.15) is 6.10 Å². The Balaban J connectivity index is 2.64. The molecule has 1 atom stereocenters. The highest BCUT2D eigenvalue weighted by Gasteiger charge is 2.08. The minimum Gasteiger partial charge on any atom is -0.384 e. The molecule has 2 heterocycles. The van der Waals surface area contributed by atoms with Gasteiger partial charge in [-0.1, -0.05) is 12.1 Å². The van der Waals surface area contributed by atoms with Crippen molar-refractivity contribution in [1.29, 1.82) is 0 Å². The molecule has 0 aliphatic heterocycles. The van der Waals surface area contributed by atoms with Crippen LogP contribution in [-0.2, 0) is 0 Å². The van der Waals surface area contributed by atoms with Crippen LogP contribution in [0.4, 0.5) is 0 Å². The van der Waals surface area contributed by atoms with Crippen LogP contribution < -0.4 is 0 Å². The van der Waals surface area contributed by atoms with Gasteiger partial charge in [0.2, 0.25) is 0 Å². The Morgan fingerprint density at radius 1 is 1.54 bits per heavy atom. The molecule has 13 heavy (non-hydrogen) atoms. The predicted octanol–water partition coefficient (Wildman–Crippen LogP) is 1.55. The first-order valence-electron chi connectivity index (χ1n) is 4.06. The van der Waals surface area contributed by atoms with Crippen LogP contribution in [-0.4, -0.2) is 14.7 Å². The number of hydrogen-bond donors (Lipinski definition) is 1. The van der Waals surface area contributed by atoms with E-state index in [-0.39, 0.29) is 0 Å². The zero-order valence-electron chi connectivity index (χ0n) is 7.09. The highest BCUT2D eigenvalue weighted by atomic mass is 16.3. The van der Waals surface area contributed by atoms with Gasteiger partial charge in [-0.25, -0.2) is 4.52 Å². The Hall–Kier alpha value is -1.61. The smallest absolute Gasteiger partial charge is 0.101 e. The molecule has 0 amide bonds. The van der Waals surface area contributed by atoms with Gasteiger partial charge < -0.3 is 5.11 Å². The van der Waals surface area contributed by atoms with Crippen LogP contribution in [0.3, 0.4) is 0 Å². The van der Waals surface area contributed by atoms with Crippen LogP contribution in [0.2, 0.25) is 0 Å². The first-order chi connectivity index (χ1) is 6.33. The lowest BCUT2D eigenvalue weighted by Crippen LogP contribution is -1.91. The molecule has 1 N–H and O–H groups in total. The van der Waals surface area contributed by atoms with Gasteiger partial charge in [0, 0.05) is 11.8 Å². The van der Waals surface area contributed by atoms with E-state index in [1.54, 1.807) is 10.7 Å². The summed E-state index contributed by atoms with van der Waals surface area (Å²) in [5.41, 5.74) is 1.70. The van der Waals surface area contributed by atoms with Gasteiger partial charge in [-0.3, -0.25) is 0 Å². The van der Waals surface area contributed by atoms with Crippen molar-refractivity contribution in [2.24, 2.45) is 0 Å². The molecule has 3 nitrogen and oxygen atoms in total. The molecule has 0 saturated heterocycles. The number of hydrogen-bond acceptors (Lipinski definition) is 2. The van der Waals surface area contributed by atoms with Crippen LogP contribution in [0.15, 0.2) is 43.2 Å². The summed E-state index contributed by atoms with van der Waals surface area (Å²) in [7, 11) is 0. The van der Waals surface area contributed by atoms with E-state index in [4.69, 9.17) is 0 Å². The fourth-order valence-electron chi connectivity index (χ4n) is 1.31. The molecule has 0 radical (unpaired) electrons. The second-order valence-corrected chi connectivity index (χ2v) is 2.81. The molecule has 66 valence electrons. The van der Waals surface area contributed by atoms with Gasteiger partial charge in [0.25, 0.3) is 0 Å². The summed E-state index contributed by atoms with van der Waals surface area (Å²) in [6, 6.07) is 5.72. The SMILES string of the molecule is C=CC(O)c1cnn2ccccc12. The molecule has 0 aromatic carbocycles. The molecular formula is C10H10N2O. The largest absolute Gasteiger partial charge is 0.384 e. The number of aromatic nitrogens is 2. The number of aliphatic hydroxyl groups is 1. The van der Waals surface area contributed by atoms with E-state index in [0.29, 0.717) is 0 Å². The molecule has 2 aromatic rings. The topological polar surface area (TPSA) is 37.5 Å². The number of rotatable bonds is 2. The van der Waals surface area contributed by atoms with E-state index in [1.807, 2.05) is 24.4 Å². The zero-order valence-corrected chi connectivity index (χ0v) is 7.09. The lowest BCUT2D eigenvalue weighted by molar-refractivity contribution is 0.230. The molecule has 1 unspecified atom stereocenters. The van der Waals surface area contributed by atoms with Gasteiger partial charge in [0.05, 0.1) is 11.7 Å². The van der Waals surface area contributed by atoms with E-state index in [2.05, 4.69) is 11.7 Å². The first-order valence-corrected chi connectivity index (χ1v) is 4.06. The van der Waals surface area contributed by atoms with Crippen LogP contribution in [0, 0.1) is 0 Å². The quantitative estimate of drug-likeness (QED) is 0.701. The van der Waals surface area contributed by atoms with Crippen LogP contribution in [0.1, 0.15) is 11.7 Å². The van der Waals surface area contributed by atoms with Crippen molar-refractivity contribution in [3.05, 3.63) is 48.8 Å². The Morgan fingerprint density at radius 2 is 2.38 bits per heavy atom. The maximum absolute atomic E-state index is 9.54. The average molecular weight is 174 g/mol. The van der Waals surface area contributed by atoms with Gasteiger partial charge in [0.15, 0.2) is 0 Å². The molecule has 2 rings (SSSR count). The number of fused-ring (bicyclic) bond motifs is 1. The third kappa shape index (κ3) is 1.23. The molecular weight excluding hydrogens is 164 g/mol. The van der Waals surface area contributed by atoms with Crippen LogP contribution in [0.25, 0.3) is 5.52 Å².